The van der Waals surface area contributed by atoms with Gasteiger partial charge in [-0.25, -0.2) is 4.98 Å². The second-order valence-electron chi connectivity index (χ2n) is 21.0. The fraction of sp³-hybridized carbons (Fsp3) is 0.400. The molecule has 0 amide bonds. The highest BCUT2D eigenvalue weighted by Gasteiger charge is 2.47. The molecule has 0 saturated heterocycles. The van der Waals surface area contributed by atoms with Crippen molar-refractivity contribution in [3.05, 3.63) is 177 Å². The average molecular weight is 1300 g/mol. The molecule has 29 heteroatoms. The SMILES string of the molecule is CCCCCCCCCCCCCCCC(=O)c1c[n+](CC(=O)c2ccccc2)ccn1.FC(F)(F)c1cc([B-](c2cc(C(F)(F)F)cc(C(F)(F)F)c2)(c2cc(C(F)(F)F)cc(C(F)(F)F)c2)c2cc(C(F)(F)F)cc(C(F)(F)F)c2)cc(C(F)(F)F)c1. The molecule has 4 nitrogen and oxygen atoms in total. The van der Waals surface area contributed by atoms with Crippen molar-refractivity contribution in [3.63, 3.8) is 0 Å². The van der Waals surface area contributed by atoms with Crippen LogP contribution in [0.4, 0.5) is 105 Å². The topological polar surface area (TPSA) is 50.9 Å². The second-order valence-corrected chi connectivity index (χ2v) is 21.0. The lowest BCUT2D eigenvalue weighted by Gasteiger charge is -2.46. The number of nitrogens with zero attached hydrogens (tertiary/aromatic N) is 2. The second kappa shape index (κ2) is 28.8. The lowest BCUT2D eigenvalue weighted by atomic mass is 9.12. The van der Waals surface area contributed by atoms with E-state index in [1.165, 1.54) is 70.6 Å². The summed E-state index contributed by atoms with van der Waals surface area (Å²) in [5, 5.41) is 0. The van der Waals surface area contributed by atoms with Gasteiger partial charge >= 0.3 is 49.4 Å². The quantitative estimate of drug-likeness (QED) is 0.0224. The lowest BCUT2D eigenvalue weighted by Crippen LogP contribution is -2.75. The van der Waals surface area contributed by atoms with E-state index < -0.39 is 195 Å². The normalized spacial score (nSPS) is 13.1. The van der Waals surface area contributed by atoms with Crippen LogP contribution in [0.15, 0.2) is 122 Å². The lowest BCUT2D eigenvalue weighted by molar-refractivity contribution is -0.683. The Labute approximate surface area is 493 Å². The number of benzene rings is 5. The minimum absolute atomic E-state index is 0.0247. The first-order valence-electron chi connectivity index (χ1n) is 27.3. The molecule has 1 heterocycles. The van der Waals surface area contributed by atoms with E-state index >= 15 is 0 Å². The molecule has 0 radical (unpaired) electrons. The number of carbonyl (C=O) groups excluding carboxylic acids is 2. The summed E-state index contributed by atoms with van der Waals surface area (Å²) in [4.78, 5) is 29.1. The molecule has 6 aromatic rings. The van der Waals surface area contributed by atoms with E-state index in [1.807, 2.05) is 30.3 Å². The van der Waals surface area contributed by atoms with Crippen molar-refractivity contribution in [3.8, 4) is 0 Å². The maximum atomic E-state index is 14.2. The zero-order valence-electron chi connectivity index (χ0n) is 46.5. The molecule has 0 N–H and O–H groups in total. The maximum absolute atomic E-state index is 14.2. The van der Waals surface area contributed by atoms with Crippen molar-refractivity contribution in [2.75, 3.05) is 0 Å². The summed E-state index contributed by atoms with van der Waals surface area (Å²) in [5.41, 5.74) is -29.1. The zero-order valence-corrected chi connectivity index (χ0v) is 46.5. The van der Waals surface area contributed by atoms with Crippen molar-refractivity contribution in [2.45, 2.75) is 153 Å². The van der Waals surface area contributed by atoms with E-state index in [0.29, 0.717) is 17.7 Å². The molecule has 6 rings (SSSR count). The average Bonchev–Trinajstić information content (AvgIpc) is 0.731. The summed E-state index contributed by atoms with van der Waals surface area (Å²) in [6, 6.07) is 0.415. The third-order valence-electron chi connectivity index (χ3n) is 14.4. The van der Waals surface area contributed by atoms with Crippen molar-refractivity contribution in [1.82, 2.24) is 4.98 Å². The zero-order chi connectivity index (χ0) is 66.8. The summed E-state index contributed by atoms with van der Waals surface area (Å²) in [7, 11) is 0. The Morgan fingerprint density at radius 2 is 0.640 bits per heavy atom. The Kier molecular flexibility index (Phi) is 23.5. The predicted octanol–water partition coefficient (Wildman–Crippen LogP) is 18.1. The van der Waals surface area contributed by atoms with Crippen LogP contribution in [0.5, 0.6) is 0 Å². The van der Waals surface area contributed by atoms with Crippen LogP contribution in [0, 0.1) is 0 Å². The molecule has 5 aromatic carbocycles. The van der Waals surface area contributed by atoms with E-state index in [-0.39, 0.29) is 18.1 Å². The standard InChI is InChI=1S/C32H12BF24.C28H41N2O2/c34-25(35,36)13-1-14(26(37,38)39)6-21(5-13)33(22-7-15(27(40,41)42)2-16(8-22)28(43,44)45,23-9-17(29(46,47)48)3-18(10-23)30(49,50)51)24-11-19(31(52,53)54)4-20(12-24)32(55,56)57;1-2-3-4-5-6-7-8-9-10-11-12-13-17-20-27(31)26-23-30(22-21-29-26)24-28(32)25-18-15-14-16-19-25/h1-12H;14-16,18-19,21-23H,2-13,17,20,24H2,1H3/q-1;+1. The number of Topliss-reactive ketones (excluding diaryl/α,β-unsaturated/α-hetero) is 2. The Balaban J connectivity index is 0.000000380. The van der Waals surface area contributed by atoms with Gasteiger partial charge in [-0.1, -0.05) is 163 Å². The fourth-order valence-electron chi connectivity index (χ4n) is 10.1. The highest BCUT2D eigenvalue weighted by Crippen LogP contribution is 2.41. The summed E-state index contributed by atoms with van der Waals surface area (Å²) < 4.78 is 343. The van der Waals surface area contributed by atoms with Crippen molar-refractivity contribution in [1.29, 1.82) is 0 Å². The number of rotatable bonds is 22. The Bertz CT molecular complexity index is 2900. The molecule has 0 unspecified atom stereocenters. The fourth-order valence-corrected chi connectivity index (χ4v) is 10.1. The van der Waals surface area contributed by atoms with Gasteiger partial charge in [0.2, 0.25) is 12.3 Å². The molecule has 0 saturated carbocycles. The summed E-state index contributed by atoms with van der Waals surface area (Å²) >= 11 is 0. The Hall–Kier alpha value is -7.10. The van der Waals surface area contributed by atoms with E-state index in [2.05, 4.69) is 11.9 Å². The van der Waals surface area contributed by atoms with E-state index in [4.69, 9.17) is 0 Å². The van der Waals surface area contributed by atoms with Crippen LogP contribution < -0.4 is 26.4 Å². The number of unbranched alkanes of at least 4 members (excludes halogenated alkanes) is 12. The number of ketones is 2. The smallest absolute Gasteiger partial charge is 0.292 e. The third kappa shape index (κ3) is 20.2. The summed E-state index contributed by atoms with van der Waals surface area (Å²) in [6.07, 6.45) is -32.4. The highest BCUT2D eigenvalue weighted by molar-refractivity contribution is 7.20. The molecule has 0 atom stereocenters. The number of aromatic nitrogens is 2. The molecule has 1 aromatic heterocycles. The van der Waals surface area contributed by atoms with Gasteiger partial charge in [-0.15, -0.1) is 0 Å². The van der Waals surface area contributed by atoms with Crippen LogP contribution in [0.3, 0.4) is 0 Å². The molecular formula is C60H53BF24N2O2. The maximum Gasteiger partial charge on any atom is 0.416 e. The molecule has 486 valence electrons. The highest BCUT2D eigenvalue weighted by atomic mass is 19.4. The number of alkyl halides is 24. The molecular weight excluding hydrogens is 1250 g/mol. The number of hydrogen-bond acceptors (Lipinski definition) is 3. The largest absolute Gasteiger partial charge is 0.416 e. The van der Waals surface area contributed by atoms with Gasteiger partial charge in [-0.2, -0.15) is 132 Å². The Morgan fingerprint density at radius 1 is 0.371 bits per heavy atom. The molecule has 0 fully saturated rings. The first-order valence-corrected chi connectivity index (χ1v) is 27.3. The van der Waals surface area contributed by atoms with Crippen LogP contribution >= 0.6 is 0 Å². The van der Waals surface area contributed by atoms with E-state index in [1.54, 1.807) is 23.2 Å². The third-order valence-corrected chi connectivity index (χ3v) is 14.4. The molecule has 0 aliphatic rings. The van der Waals surface area contributed by atoms with Gasteiger partial charge in [0.25, 0.3) is 0 Å². The van der Waals surface area contributed by atoms with E-state index in [9.17, 15) is 115 Å². The van der Waals surface area contributed by atoms with Crippen molar-refractivity contribution in [2.24, 2.45) is 0 Å². The number of hydrogen-bond donors (Lipinski definition) is 0. The van der Waals surface area contributed by atoms with Crippen LogP contribution in [-0.2, 0) is 56.0 Å². The first kappa shape index (κ1) is 72.6. The monoisotopic (exact) mass is 1300 g/mol. The molecule has 0 aliphatic carbocycles. The van der Waals surface area contributed by atoms with Crippen LogP contribution in [-0.4, -0.2) is 22.7 Å². The molecule has 0 spiro atoms. The van der Waals surface area contributed by atoms with Gasteiger partial charge in [-0.05, 0) is 30.7 Å². The minimum Gasteiger partial charge on any atom is -0.292 e. The summed E-state index contributed by atoms with van der Waals surface area (Å²) in [6.45, 7) is 2.48. The van der Waals surface area contributed by atoms with Gasteiger partial charge in [0, 0.05) is 12.0 Å². The molecule has 89 heavy (non-hydrogen) atoms. The van der Waals surface area contributed by atoms with Gasteiger partial charge < -0.3 is 0 Å². The predicted molar refractivity (Wildman–Crippen MR) is 280 cm³/mol. The Morgan fingerprint density at radius 3 is 0.910 bits per heavy atom. The van der Waals surface area contributed by atoms with Gasteiger partial charge in [0.05, 0.1) is 50.7 Å². The van der Waals surface area contributed by atoms with Gasteiger partial charge in [0.15, 0.2) is 23.9 Å². The van der Waals surface area contributed by atoms with Crippen LogP contribution in [0.1, 0.15) is 162 Å². The molecule has 0 bridgehead atoms. The minimum atomic E-state index is -6.13. The number of carbonyl (C=O) groups is 2. The van der Waals surface area contributed by atoms with E-state index in [0.717, 1.165) is 12.8 Å². The van der Waals surface area contributed by atoms with Crippen LogP contribution in [0.2, 0.25) is 0 Å². The van der Waals surface area contributed by atoms with Crippen LogP contribution in [0.25, 0.3) is 0 Å². The first-order chi connectivity index (χ1) is 41.0. The van der Waals surface area contributed by atoms with Crippen molar-refractivity contribution >= 4 is 39.6 Å². The van der Waals surface area contributed by atoms with Gasteiger partial charge in [0.1, 0.15) is 6.15 Å². The molecule has 0 aliphatic heterocycles. The van der Waals surface area contributed by atoms with Gasteiger partial charge in [-0.3, -0.25) is 9.59 Å². The summed E-state index contributed by atoms with van der Waals surface area (Å²) in [5.74, 6) is 0.0891. The van der Waals surface area contributed by atoms with Crippen molar-refractivity contribution < 1.29 is 120 Å². The number of halogens is 24.